The Morgan fingerprint density at radius 2 is 2.10 bits per heavy atom. The Balaban J connectivity index is 1.67. The molecule has 0 saturated carbocycles. The fourth-order valence-corrected chi connectivity index (χ4v) is 3.77. The minimum atomic E-state index is 0.644. The molecule has 5 rings (SSSR count). The number of fused-ring (bicyclic) bond motifs is 1. The third-order valence-electron chi connectivity index (χ3n) is 5.32. The average molecular weight is 382 g/mol. The van der Waals surface area contributed by atoms with E-state index in [4.69, 9.17) is 9.72 Å². The second kappa shape index (κ2) is 7.60. The van der Waals surface area contributed by atoms with Crippen LogP contribution in [-0.4, -0.2) is 32.7 Å². The predicted octanol–water partition coefficient (Wildman–Crippen LogP) is 4.65. The van der Waals surface area contributed by atoms with Gasteiger partial charge in [-0.05, 0) is 54.8 Å². The molecule has 0 unspecified atom stereocenters. The van der Waals surface area contributed by atoms with Crippen LogP contribution in [0.2, 0.25) is 0 Å². The molecule has 0 atom stereocenters. The van der Waals surface area contributed by atoms with Crippen molar-refractivity contribution in [3.8, 4) is 11.3 Å². The molecular weight excluding hydrogens is 360 g/mol. The van der Waals surface area contributed by atoms with Gasteiger partial charge in [0.1, 0.15) is 0 Å². The summed E-state index contributed by atoms with van der Waals surface area (Å²) in [6.07, 6.45) is 10.8. The van der Waals surface area contributed by atoms with E-state index < -0.39 is 0 Å². The van der Waals surface area contributed by atoms with Crippen LogP contribution in [0.25, 0.3) is 27.7 Å². The highest BCUT2D eigenvalue weighted by Crippen LogP contribution is 2.32. The first-order chi connectivity index (χ1) is 14.3. The van der Waals surface area contributed by atoms with E-state index in [1.807, 2.05) is 31.5 Å². The summed E-state index contributed by atoms with van der Waals surface area (Å²) in [7, 11) is 0. The zero-order chi connectivity index (χ0) is 19.6. The second-order valence-electron chi connectivity index (χ2n) is 7.34. The molecule has 0 fully saturated rings. The molecule has 0 spiro atoms. The predicted molar refractivity (Wildman–Crippen MR) is 114 cm³/mol. The van der Waals surface area contributed by atoms with Gasteiger partial charge >= 0.3 is 0 Å². The van der Waals surface area contributed by atoms with Gasteiger partial charge < -0.3 is 9.30 Å². The highest BCUT2D eigenvalue weighted by Gasteiger charge is 2.16. The molecule has 4 aromatic heterocycles. The van der Waals surface area contributed by atoms with Crippen LogP contribution in [0, 0.1) is 6.92 Å². The number of aromatic nitrogens is 4. The smallest absolute Gasteiger partial charge is 0.0761 e. The molecule has 0 aromatic carbocycles. The quantitative estimate of drug-likeness (QED) is 0.515. The lowest BCUT2D eigenvalue weighted by molar-refractivity contribution is 0.161. The monoisotopic (exact) mass is 382 g/mol. The van der Waals surface area contributed by atoms with Crippen molar-refractivity contribution in [1.82, 2.24) is 19.5 Å². The minimum absolute atomic E-state index is 0.644. The van der Waals surface area contributed by atoms with Crippen molar-refractivity contribution in [2.24, 2.45) is 0 Å². The Morgan fingerprint density at radius 3 is 2.86 bits per heavy atom. The molecule has 29 heavy (non-hydrogen) atoms. The van der Waals surface area contributed by atoms with Crippen LogP contribution in [0.3, 0.4) is 0 Å². The molecular formula is C24H22N4O. The summed E-state index contributed by atoms with van der Waals surface area (Å²) in [5.41, 5.74) is 7.61. The van der Waals surface area contributed by atoms with E-state index in [9.17, 15) is 0 Å². The molecule has 0 aliphatic carbocycles. The van der Waals surface area contributed by atoms with Gasteiger partial charge in [0.25, 0.3) is 0 Å². The van der Waals surface area contributed by atoms with Crippen molar-refractivity contribution in [2.45, 2.75) is 19.9 Å². The number of ether oxygens (including phenoxy) is 1. The SMILES string of the molecule is Cc1ccc(-c2cc3c(ccn3Cc3cccnc3)c(C3=CCOCC3)n2)cn1. The molecule has 5 heterocycles. The van der Waals surface area contributed by atoms with Crippen LogP contribution in [-0.2, 0) is 11.3 Å². The minimum Gasteiger partial charge on any atom is -0.377 e. The Bertz CT molecular complexity index is 1180. The zero-order valence-electron chi connectivity index (χ0n) is 16.4. The average Bonchev–Trinajstić information content (AvgIpc) is 3.18. The van der Waals surface area contributed by atoms with Crippen molar-refractivity contribution < 1.29 is 4.74 Å². The first kappa shape index (κ1) is 17.8. The second-order valence-corrected chi connectivity index (χ2v) is 7.34. The van der Waals surface area contributed by atoms with Gasteiger partial charge in [-0.3, -0.25) is 9.97 Å². The highest BCUT2D eigenvalue weighted by molar-refractivity contribution is 5.93. The number of hydrogen-bond acceptors (Lipinski definition) is 4. The molecule has 0 N–H and O–H groups in total. The van der Waals surface area contributed by atoms with Crippen LogP contribution < -0.4 is 0 Å². The van der Waals surface area contributed by atoms with Crippen LogP contribution in [0.5, 0.6) is 0 Å². The highest BCUT2D eigenvalue weighted by atomic mass is 16.5. The number of hydrogen-bond donors (Lipinski definition) is 0. The largest absolute Gasteiger partial charge is 0.377 e. The molecule has 1 aliphatic heterocycles. The topological polar surface area (TPSA) is 52.8 Å². The molecule has 0 saturated heterocycles. The summed E-state index contributed by atoms with van der Waals surface area (Å²) in [6, 6.07) is 12.5. The Hall–Kier alpha value is -3.31. The Kier molecular flexibility index (Phi) is 4.66. The summed E-state index contributed by atoms with van der Waals surface area (Å²) < 4.78 is 7.79. The molecule has 0 radical (unpaired) electrons. The first-order valence-electron chi connectivity index (χ1n) is 9.87. The van der Waals surface area contributed by atoms with Crippen molar-refractivity contribution >= 4 is 16.5 Å². The third kappa shape index (κ3) is 3.57. The molecule has 1 aliphatic rings. The van der Waals surface area contributed by atoms with Crippen LogP contribution in [0.1, 0.15) is 23.4 Å². The van der Waals surface area contributed by atoms with E-state index in [-0.39, 0.29) is 0 Å². The van der Waals surface area contributed by atoms with Crippen molar-refractivity contribution in [2.75, 3.05) is 13.2 Å². The van der Waals surface area contributed by atoms with Gasteiger partial charge in [-0.1, -0.05) is 12.1 Å². The molecule has 0 bridgehead atoms. The zero-order valence-corrected chi connectivity index (χ0v) is 16.4. The number of nitrogens with zero attached hydrogens (tertiary/aromatic N) is 4. The van der Waals surface area contributed by atoms with Crippen molar-refractivity contribution in [1.29, 1.82) is 0 Å². The molecule has 5 nitrogen and oxygen atoms in total. The molecule has 5 heteroatoms. The lowest BCUT2D eigenvalue weighted by atomic mass is 10.0. The third-order valence-corrected chi connectivity index (χ3v) is 5.32. The van der Waals surface area contributed by atoms with Crippen LogP contribution >= 0.6 is 0 Å². The summed E-state index contributed by atoms with van der Waals surface area (Å²) >= 11 is 0. The summed E-state index contributed by atoms with van der Waals surface area (Å²) in [4.78, 5) is 13.8. The summed E-state index contributed by atoms with van der Waals surface area (Å²) in [5, 5.41) is 1.17. The van der Waals surface area contributed by atoms with Gasteiger partial charge in [-0.15, -0.1) is 0 Å². The van der Waals surface area contributed by atoms with Gasteiger partial charge in [-0.25, -0.2) is 4.98 Å². The van der Waals surface area contributed by atoms with Gasteiger partial charge in [-0.2, -0.15) is 0 Å². The lowest BCUT2D eigenvalue weighted by Crippen LogP contribution is -2.06. The van der Waals surface area contributed by atoms with Crippen LogP contribution in [0.4, 0.5) is 0 Å². The summed E-state index contributed by atoms with van der Waals surface area (Å²) in [5.74, 6) is 0. The van der Waals surface area contributed by atoms with Crippen LogP contribution in [0.15, 0.2) is 67.3 Å². The normalized spacial score (nSPS) is 14.2. The molecule has 144 valence electrons. The maximum absolute atomic E-state index is 5.52. The number of pyridine rings is 3. The first-order valence-corrected chi connectivity index (χ1v) is 9.87. The van der Waals surface area contributed by atoms with Gasteiger partial charge in [0, 0.05) is 48.0 Å². The maximum atomic E-state index is 5.52. The van der Waals surface area contributed by atoms with E-state index in [2.05, 4.69) is 51.1 Å². The molecule has 4 aromatic rings. The summed E-state index contributed by atoms with van der Waals surface area (Å²) in [6.45, 7) is 4.15. The van der Waals surface area contributed by atoms with Crippen molar-refractivity contribution in [3.05, 3.63) is 84.2 Å². The van der Waals surface area contributed by atoms with Gasteiger partial charge in [0.2, 0.25) is 0 Å². The fourth-order valence-electron chi connectivity index (χ4n) is 3.77. The standard InChI is InChI=1S/C24H22N4O/c1-17-4-5-20(15-26-17)22-13-23-21(24(27-22)19-7-11-29-12-8-19)6-10-28(23)16-18-3-2-9-25-14-18/h2-7,9-10,13-15H,8,11-12,16H2,1H3. The van der Waals surface area contributed by atoms with E-state index in [0.29, 0.717) is 6.61 Å². The van der Waals surface area contributed by atoms with Gasteiger partial charge in [0.05, 0.1) is 30.1 Å². The Labute approximate surface area is 169 Å². The molecule has 0 amide bonds. The van der Waals surface area contributed by atoms with Crippen molar-refractivity contribution in [3.63, 3.8) is 0 Å². The van der Waals surface area contributed by atoms with E-state index in [1.165, 1.54) is 22.0 Å². The Morgan fingerprint density at radius 1 is 1.14 bits per heavy atom. The lowest BCUT2D eigenvalue weighted by Gasteiger charge is -2.16. The van der Waals surface area contributed by atoms with E-state index in [0.717, 1.165) is 42.2 Å². The maximum Gasteiger partial charge on any atom is 0.0761 e. The number of aryl methyl sites for hydroxylation is 1. The van der Waals surface area contributed by atoms with E-state index in [1.54, 1.807) is 6.20 Å². The number of rotatable bonds is 4. The van der Waals surface area contributed by atoms with Gasteiger partial charge in [0.15, 0.2) is 0 Å². The van der Waals surface area contributed by atoms with E-state index >= 15 is 0 Å². The fraction of sp³-hybridized carbons (Fsp3) is 0.208.